The molecule has 7 nitrogen and oxygen atoms in total. The van der Waals surface area contributed by atoms with Crippen molar-refractivity contribution < 1.29 is 14.1 Å². The molecule has 1 heterocycles. The zero-order valence-corrected chi connectivity index (χ0v) is 15.6. The van der Waals surface area contributed by atoms with Crippen molar-refractivity contribution in [2.45, 2.75) is 0 Å². The molecule has 0 saturated carbocycles. The average molecular weight is 467 g/mol. The molecule has 0 unspecified atom stereocenters. The summed E-state index contributed by atoms with van der Waals surface area (Å²) in [6.07, 6.45) is 1.32. The second-order valence-corrected chi connectivity index (χ2v) is 6.74. The fourth-order valence-electron chi connectivity index (χ4n) is 2.13. The van der Waals surface area contributed by atoms with Gasteiger partial charge in [0.25, 0.3) is 5.69 Å². The zero-order chi connectivity index (χ0) is 18.0. The van der Waals surface area contributed by atoms with Crippen molar-refractivity contribution in [2.24, 2.45) is 5.10 Å². The van der Waals surface area contributed by atoms with Gasteiger partial charge in [-0.2, -0.15) is 5.10 Å². The lowest BCUT2D eigenvalue weighted by Gasteiger charge is -1.96. The zero-order valence-electron chi connectivity index (χ0n) is 12.4. The van der Waals surface area contributed by atoms with Gasteiger partial charge < -0.3 is 4.42 Å². The highest BCUT2D eigenvalue weighted by Crippen LogP contribution is 2.30. The summed E-state index contributed by atoms with van der Waals surface area (Å²) in [6.45, 7) is 0. The van der Waals surface area contributed by atoms with Gasteiger partial charge in [-0.1, -0.05) is 28.1 Å². The third kappa shape index (κ3) is 3.94. The minimum absolute atomic E-state index is 0.0528. The molecule has 0 aliphatic rings. The van der Waals surface area contributed by atoms with E-state index in [1.165, 1.54) is 24.4 Å². The van der Waals surface area contributed by atoms with Crippen LogP contribution in [0.1, 0.15) is 16.1 Å². The second kappa shape index (κ2) is 7.16. The highest BCUT2D eigenvalue weighted by atomic mass is 79.9. The molecular weight excluding hydrogens is 458 g/mol. The average Bonchev–Trinajstić information content (AvgIpc) is 2.99. The van der Waals surface area contributed by atoms with E-state index < -0.39 is 10.8 Å². The number of halogens is 2. The van der Waals surface area contributed by atoms with Crippen LogP contribution in [0.2, 0.25) is 0 Å². The molecule has 1 aromatic heterocycles. The molecule has 25 heavy (non-hydrogen) atoms. The van der Waals surface area contributed by atoms with E-state index in [0.717, 1.165) is 14.3 Å². The Morgan fingerprint density at radius 2 is 2.04 bits per heavy atom. The lowest BCUT2D eigenvalue weighted by atomic mass is 10.2. The van der Waals surface area contributed by atoms with Crippen molar-refractivity contribution in [2.75, 3.05) is 0 Å². The molecule has 0 radical (unpaired) electrons. The lowest BCUT2D eigenvalue weighted by molar-refractivity contribution is -0.384. The van der Waals surface area contributed by atoms with E-state index >= 15 is 0 Å². The first-order chi connectivity index (χ1) is 11.9. The topological polar surface area (TPSA) is 97.7 Å². The standard InChI is InChI=1S/C16H9Br2N3O4/c17-11-5-10-6-14(25-15(10)13(18)7-11)16(22)20-19-8-9-2-1-3-12(4-9)21(23)24/h1-8H,(H,20,22)/b19-8-. The van der Waals surface area contributed by atoms with Crippen LogP contribution in [-0.4, -0.2) is 17.0 Å². The Kier molecular flexibility index (Phi) is 4.95. The number of carbonyl (C=O) groups is 1. The number of rotatable bonds is 4. The summed E-state index contributed by atoms with van der Waals surface area (Å²) in [6, 6.07) is 11.1. The van der Waals surface area contributed by atoms with Crippen LogP contribution in [0.3, 0.4) is 0 Å². The van der Waals surface area contributed by atoms with Gasteiger partial charge in [0.05, 0.1) is 15.6 Å². The van der Waals surface area contributed by atoms with Gasteiger partial charge in [-0.15, -0.1) is 0 Å². The van der Waals surface area contributed by atoms with E-state index in [0.29, 0.717) is 11.1 Å². The van der Waals surface area contributed by atoms with Gasteiger partial charge in [-0.05, 0) is 34.1 Å². The van der Waals surface area contributed by atoms with E-state index in [1.54, 1.807) is 12.1 Å². The van der Waals surface area contributed by atoms with Gasteiger partial charge >= 0.3 is 5.91 Å². The van der Waals surface area contributed by atoms with E-state index in [4.69, 9.17) is 4.42 Å². The Hall–Kier alpha value is -2.52. The molecule has 0 saturated heterocycles. The van der Waals surface area contributed by atoms with Crippen LogP contribution >= 0.6 is 31.9 Å². The Labute approximate surface area is 158 Å². The quantitative estimate of drug-likeness (QED) is 0.344. The summed E-state index contributed by atoms with van der Waals surface area (Å²) >= 11 is 6.74. The number of hydrogen-bond acceptors (Lipinski definition) is 5. The van der Waals surface area contributed by atoms with Crippen molar-refractivity contribution in [3.8, 4) is 0 Å². The number of furan rings is 1. The van der Waals surface area contributed by atoms with Gasteiger partial charge in [-0.3, -0.25) is 14.9 Å². The van der Waals surface area contributed by atoms with Gasteiger partial charge in [0, 0.05) is 27.6 Å². The lowest BCUT2D eigenvalue weighted by Crippen LogP contribution is -2.16. The van der Waals surface area contributed by atoms with Crippen molar-refractivity contribution in [3.05, 3.63) is 72.8 Å². The Morgan fingerprint density at radius 1 is 1.24 bits per heavy atom. The second-order valence-electron chi connectivity index (χ2n) is 4.97. The molecule has 0 fully saturated rings. The number of hydrogen-bond donors (Lipinski definition) is 1. The Morgan fingerprint density at radius 3 is 2.80 bits per heavy atom. The number of nitrogens with one attached hydrogen (secondary N) is 1. The number of benzene rings is 2. The van der Waals surface area contributed by atoms with Crippen molar-refractivity contribution in [3.63, 3.8) is 0 Å². The SMILES string of the molecule is O=C(N/N=C\c1cccc([N+](=O)[O-])c1)c1cc2cc(Br)cc(Br)c2o1. The maximum Gasteiger partial charge on any atom is 0.307 e. The van der Waals surface area contributed by atoms with Gasteiger partial charge in [0.1, 0.15) is 5.58 Å². The summed E-state index contributed by atoms with van der Waals surface area (Å²) in [5.41, 5.74) is 3.32. The minimum atomic E-state index is -0.527. The molecule has 3 rings (SSSR count). The van der Waals surface area contributed by atoms with Crippen LogP contribution < -0.4 is 5.43 Å². The molecule has 0 bridgehead atoms. The molecule has 0 spiro atoms. The summed E-state index contributed by atoms with van der Waals surface area (Å²) in [5, 5.41) is 15.3. The molecular formula is C16H9Br2N3O4. The number of amides is 1. The summed E-state index contributed by atoms with van der Waals surface area (Å²) in [5.74, 6) is -0.425. The predicted molar refractivity (Wildman–Crippen MR) is 99.8 cm³/mol. The van der Waals surface area contributed by atoms with Crippen molar-refractivity contribution in [1.29, 1.82) is 0 Å². The number of carbonyl (C=O) groups excluding carboxylic acids is 1. The van der Waals surface area contributed by atoms with Crippen molar-refractivity contribution in [1.82, 2.24) is 5.43 Å². The first-order valence-corrected chi connectivity index (χ1v) is 8.49. The predicted octanol–water partition coefficient (Wildman–Crippen LogP) is 4.63. The van der Waals surface area contributed by atoms with E-state index in [1.807, 2.05) is 12.1 Å². The van der Waals surface area contributed by atoms with Gasteiger partial charge in [-0.25, -0.2) is 5.43 Å². The number of fused-ring (bicyclic) bond motifs is 1. The maximum absolute atomic E-state index is 12.1. The van der Waals surface area contributed by atoms with Crippen LogP contribution in [0.5, 0.6) is 0 Å². The molecule has 0 aliphatic heterocycles. The molecule has 3 aromatic rings. The van der Waals surface area contributed by atoms with E-state index in [2.05, 4.69) is 42.4 Å². The van der Waals surface area contributed by atoms with Crippen LogP contribution in [-0.2, 0) is 0 Å². The van der Waals surface area contributed by atoms with E-state index in [9.17, 15) is 14.9 Å². The first-order valence-electron chi connectivity index (χ1n) is 6.90. The molecule has 1 N–H and O–H groups in total. The summed E-state index contributed by atoms with van der Waals surface area (Å²) in [4.78, 5) is 22.4. The molecule has 1 amide bonds. The smallest absolute Gasteiger partial charge is 0.307 e. The molecule has 9 heteroatoms. The number of nitro groups is 1. The van der Waals surface area contributed by atoms with Crippen LogP contribution in [0, 0.1) is 10.1 Å². The summed E-state index contributed by atoms with van der Waals surface area (Å²) < 4.78 is 7.09. The number of hydrazone groups is 1. The van der Waals surface area contributed by atoms with Crippen molar-refractivity contribution >= 4 is 60.6 Å². The molecule has 2 aromatic carbocycles. The fraction of sp³-hybridized carbons (Fsp3) is 0. The Bertz CT molecular complexity index is 1010. The van der Waals surface area contributed by atoms with Crippen LogP contribution in [0.15, 0.2) is 60.9 Å². The Balaban J connectivity index is 1.75. The van der Waals surface area contributed by atoms with E-state index in [-0.39, 0.29) is 11.4 Å². The molecule has 0 aliphatic carbocycles. The molecule has 126 valence electrons. The number of nitrogens with zero attached hydrogens (tertiary/aromatic N) is 2. The normalized spacial score (nSPS) is 11.1. The number of nitro benzene ring substituents is 1. The van der Waals surface area contributed by atoms with Crippen LogP contribution in [0.4, 0.5) is 5.69 Å². The third-order valence-electron chi connectivity index (χ3n) is 3.22. The minimum Gasteiger partial charge on any atom is -0.450 e. The van der Waals surface area contributed by atoms with Gasteiger partial charge in [0.2, 0.25) is 0 Å². The molecule has 0 atom stereocenters. The first kappa shape index (κ1) is 17.3. The fourth-order valence-corrected chi connectivity index (χ4v) is 3.47. The van der Waals surface area contributed by atoms with Crippen LogP contribution in [0.25, 0.3) is 11.0 Å². The summed E-state index contributed by atoms with van der Waals surface area (Å²) in [7, 11) is 0. The third-order valence-corrected chi connectivity index (χ3v) is 4.27. The van der Waals surface area contributed by atoms with Gasteiger partial charge in [0.15, 0.2) is 5.76 Å². The highest BCUT2D eigenvalue weighted by molar-refractivity contribution is 9.11. The highest BCUT2D eigenvalue weighted by Gasteiger charge is 2.14. The monoisotopic (exact) mass is 465 g/mol. The largest absolute Gasteiger partial charge is 0.450 e. The maximum atomic E-state index is 12.1. The number of non-ortho nitro benzene ring substituents is 1.